The predicted octanol–water partition coefficient (Wildman–Crippen LogP) is 0.0358. The molecule has 0 heterocycles. The maximum Gasteiger partial charge on any atom is 0.324 e. The third-order valence-corrected chi connectivity index (χ3v) is 4.49. The normalized spacial score (nSPS) is 13.0. The second-order valence-electron chi connectivity index (χ2n) is 4.29. The van der Waals surface area contributed by atoms with E-state index >= 15 is 0 Å². The summed E-state index contributed by atoms with van der Waals surface area (Å²) in [6.07, 6.45) is 0. The first-order chi connectivity index (χ1) is 9.22. The van der Waals surface area contributed by atoms with Crippen LogP contribution in [0.1, 0.15) is 11.1 Å². The van der Waals surface area contributed by atoms with Gasteiger partial charge in [0.05, 0.1) is 18.6 Å². The predicted molar refractivity (Wildman–Crippen MR) is 71.3 cm³/mol. The number of carboxylic acids is 1. The van der Waals surface area contributed by atoms with Gasteiger partial charge in [-0.1, -0.05) is 0 Å². The van der Waals surface area contributed by atoms with E-state index in [1.165, 1.54) is 19.2 Å². The van der Waals surface area contributed by atoms with Crippen LogP contribution in [0.15, 0.2) is 17.0 Å². The van der Waals surface area contributed by atoms with Crippen molar-refractivity contribution < 1.29 is 28.2 Å². The number of ether oxygens (including phenoxy) is 1. The number of carboxylic acid groups (broad SMARTS) is 1. The number of aliphatic hydroxyl groups is 1. The molecule has 20 heavy (non-hydrogen) atoms. The van der Waals surface area contributed by atoms with Crippen molar-refractivity contribution in [2.75, 3.05) is 13.7 Å². The highest BCUT2D eigenvalue weighted by molar-refractivity contribution is 7.89. The molecule has 3 N–H and O–H groups in total. The Bertz CT molecular complexity index is 587. The van der Waals surface area contributed by atoms with Crippen LogP contribution in [0, 0.1) is 13.8 Å². The summed E-state index contributed by atoms with van der Waals surface area (Å²) in [4.78, 5) is 10.8. The first-order valence-corrected chi connectivity index (χ1v) is 7.22. The molecular weight excluding hydrogens is 286 g/mol. The first-order valence-electron chi connectivity index (χ1n) is 5.74. The number of hydrogen-bond acceptors (Lipinski definition) is 5. The molecule has 0 fully saturated rings. The summed E-state index contributed by atoms with van der Waals surface area (Å²) in [5.41, 5.74) is 0.854. The Morgan fingerprint density at radius 2 is 1.85 bits per heavy atom. The summed E-state index contributed by atoms with van der Waals surface area (Å²) in [6.45, 7) is 2.33. The van der Waals surface area contributed by atoms with Crippen LogP contribution in [0.5, 0.6) is 5.75 Å². The molecule has 0 aromatic heterocycles. The number of aliphatic carboxylic acids is 1. The minimum Gasteiger partial charge on any atom is -0.497 e. The van der Waals surface area contributed by atoms with Gasteiger partial charge in [0.2, 0.25) is 10.0 Å². The number of methoxy groups -OCH3 is 1. The largest absolute Gasteiger partial charge is 0.497 e. The van der Waals surface area contributed by atoms with E-state index < -0.39 is 28.6 Å². The van der Waals surface area contributed by atoms with Crippen LogP contribution in [0.4, 0.5) is 0 Å². The zero-order chi connectivity index (χ0) is 15.5. The molecular formula is C12H17NO6S. The number of aliphatic hydroxyl groups excluding tert-OH is 1. The minimum absolute atomic E-state index is 0.0157. The van der Waals surface area contributed by atoms with Crippen LogP contribution >= 0.6 is 0 Å². The summed E-state index contributed by atoms with van der Waals surface area (Å²) in [5, 5.41) is 17.7. The van der Waals surface area contributed by atoms with Gasteiger partial charge < -0.3 is 14.9 Å². The second-order valence-corrected chi connectivity index (χ2v) is 5.94. The lowest BCUT2D eigenvalue weighted by Gasteiger charge is -2.16. The summed E-state index contributed by atoms with van der Waals surface area (Å²) in [6, 6.07) is 1.49. The van der Waals surface area contributed by atoms with Crippen molar-refractivity contribution in [1.82, 2.24) is 4.72 Å². The topological polar surface area (TPSA) is 113 Å². The van der Waals surface area contributed by atoms with Crippen molar-refractivity contribution in [3.8, 4) is 5.75 Å². The molecule has 7 nitrogen and oxygen atoms in total. The van der Waals surface area contributed by atoms with Crippen LogP contribution in [-0.2, 0) is 14.8 Å². The molecule has 0 unspecified atom stereocenters. The third kappa shape index (κ3) is 3.47. The van der Waals surface area contributed by atoms with E-state index in [1.807, 2.05) is 4.72 Å². The Balaban J connectivity index is 3.26. The Hall–Kier alpha value is -1.64. The fourth-order valence-electron chi connectivity index (χ4n) is 1.86. The van der Waals surface area contributed by atoms with Gasteiger partial charge in [-0.2, -0.15) is 4.72 Å². The number of rotatable bonds is 6. The molecule has 1 rings (SSSR count). The van der Waals surface area contributed by atoms with E-state index in [4.69, 9.17) is 14.9 Å². The Kier molecular flexibility index (Phi) is 5.09. The zero-order valence-electron chi connectivity index (χ0n) is 11.4. The monoisotopic (exact) mass is 303 g/mol. The van der Waals surface area contributed by atoms with Crippen LogP contribution in [0.25, 0.3) is 0 Å². The molecule has 0 saturated carbocycles. The van der Waals surface area contributed by atoms with E-state index in [-0.39, 0.29) is 4.90 Å². The highest BCUT2D eigenvalue weighted by Gasteiger charge is 2.27. The van der Waals surface area contributed by atoms with Gasteiger partial charge in [-0.3, -0.25) is 4.79 Å². The second kappa shape index (κ2) is 6.21. The van der Waals surface area contributed by atoms with Crippen molar-refractivity contribution in [3.63, 3.8) is 0 Å². The van der Waals surface area contributed by atoms with Gasteiger partial charge >= 0.3 is 5.97 Å². The molecule has 0 radical (unpaired) electrons. The zero-order valence-corrected chi connectivity index (χ0v) is 12.2. The number of hydrogen-bond donors (Lipinski definition) is 3. The van der Waals surface area contributed by atoms with Crippen LogP contribution in [-0.4, -0.2) is 44.4 Å². The van der Waals surface area contributed by atoms with Crippen molar-refractivity contribution in [2.24, 2.45) is 0 Å². The lowest BCUT2D eigenvalue weighted by Crippen LogP contribution is -2.43. The Morgan fingerprint density at radius 1 is 1.35 bits per heavy atom. The molecule has 8 heteroatoms. The molecule has 0 amide bonds. The van der Waals surface area contributed by atoms with Gasteiger partial charge in [-0.25, -0.2) is 8.42 Å². The molecule has 1 aromatic carbocycles. The Morgan fingerprint density at radius 3 is 2.20 bits per heavy atom. The average Bonchev–Trinajstić information content (AvgIpc) is 2.34. The SMILES string of the molecule is COc1cc(C)c(S(=O)(=O)N[C@@H](CO)C(=O)O)c(C)c1. The summed E-state index contributed by atoms with van der Waals surface area (Å²) in [7, 11) is -2.58. The van der Waals surface area contributed by atoms with Crippen molar-refractivity contribution in [3.05, 3.63) is 23.3 Å². The number of nitrogens with one attached hydrogen (secondary N) is 1. The maximum atomic E-state index is 12.2. The number of carbonyl (C=O) groups is 1. The molecule has 0 aliphatic heterocycles. The number of benzene rings is 1. The van der Waals surface area contributed by atoms with Gasteiger partial charge in [0.1, 0.15) is 11.8 Å². The molecule has 0 bridgehead atoms. The highest BCUT2D eigenvalue weighted by atomic mass is 32.2. The van der Waals surface area contributed by atoms with Crippen LogP contribution < -0.4 is 9.46 Å². The molecule has 1 atom stereocenters. The quantitative estimate of drug-likeness (QED) is 0.683. The van der Waals surface area contributed by atoms with Gasteiger partial charge in [-0.05, 0) is 37.1 Å². The average molecular weight is 303 g/mol. The molecule has 1 aromatic rings. The fourth-order valence-corrected chi connectivity index (χ4v) is 3.50. The molecule has 0 saturated heterocycles. The Labute approximate surface area is 117 Å². The molecule has 0 aliphatic rings. The van der Waals surface area contributed by atoms with Gasteiger partial charge in [0.15, 0.2) is 0 Å². The third-order valence-electron chi connectivity index (χ3n) is 2.72. The maximum absolute atomic E-state index is 12.2. The van der Waals surface area contributed by atoms with E-state index in [0.717, 1.165) is 0 Å². The number of sulfonamides is 1. The highest BCUT2D eigenvalue weighted by Crippen LogP contribution is 2.25. The van der Waals surface area contributed by atoms with Crippen LogP contribution in [0.2, 0.25) is 0 Å². The number of aryl methyl sites for hydroxylation is 2. The van der Waals surface area contributed by atoms with Crippen molar-refractivity contribution in [2.45, 2.75) is 24.8 Å². The molecule has 0 spiro atoms. The molecule has 0 aliphatic carbocycles. The van der Waals surface area contributed by atoms with Crippen molar-refractivity contribution in [1.29, 1.82) is 0 Å². The van der Waals surface area contributed by atoms with Gasteiger partial charge in [0.25, 0.3) is 0 Å². The molecule has 112 valence electrons. The lowest BCUT2D eigenvalue weighted by atomic mass is 10.1. The summed E-state index contributed by atoms with van der Waals surface area (Å²) in [5.74, 6) is -0.934. The summed E-state index contributed by atoms with van der Waals surface area (Å²) >= 11 is 0. The minimum atomic E-state index is -4.05. The first kappa shape index (κ1) is 16.4. The van der Waals surface area contributed by atoms with E-state index in [1.54, 1.807) is 13.8 Å². The smallest absolute Gasteiger partial charge is 0.324 e. The standard InChI is InChI=1S/C12H17NO6S/c1-7-4-9(19-3)5-8(2)11(7)20(17,18)13-10(6-14)12(15)16/h4-5,10,13-14H,6H2,1-3H3,(H,15,16)/t10-/m0/s1. The van der Waals surface area contributed by atoms with E-state index in [2.05, 4.69) is 0 Å². The fraction of sp³-hybridized carbons (Fsp3) is 0.417. The van der Waals surface area contributed by atoms with Crippen molar-refractivity contribution >= 4 is 16.0 Å². The van der Waals surface area contributed by atoms with Crippen LogP contribution in [0.3, 0.4) is 0 Å². The summed E-state index contributed by atoms with van der Waals surface area (Å²) < 4.78 is 31.4. The van der Waals surface area contributed by atoms with E-state index in [9.17, 15) is 13.2 Å². The van der Waals surface area contributed by atoms with Gasteiger partial charge in [-0.15, -0.1) is 0 Å². The lowest BCUT2D eigenvalue weighted by molar-refractivity contribution is -0.139. The van der Waals surface area contributed by atoms with E-state index in [0.29, 0.717) is 16.9 Å². The van der Waals surface area contributed by atoms with Gasteiger partial charge in [0, 0.05) is 0 Å².